The van der Waals surface area contributed by atoms with Crippen molar-refractivity contribution in [3.05, 3.63) is 117 Å². The molecule has 4 N–H and O–H groups in total. The van der Waals surface area contributed by atoms with Crippen molar-refractivity contribution in [2.24, 2.45) is 11.8 Å². The van der Waals surface area contributed by atoms with Gasteiger partial charge >= 0.3 is 0 Å². The summed E-state index contributed by atoms with van der Waals surface area (Å²) in [5, 5.41) is 23.7. The van der Waals surface area contributed by atoms with Crippen molar-refractivity contribution in [3.63, 3.8) is 0 Å². The van der Waals surface area contributed by atoms with Gasteiger partial charge in [-0.1, -0.05) is 23.9 Å². The van der Waals surface area contributed by atoms with Crippen LogP contribution in [0.3, 0.4) is 0 Å². The lowest BCUT2D eigenvalue weighted by molar-refractivity contribution is 0.0942. The lowest BCUT2D eigenvalue weighted by Crippen LogP contribution is -2.26. The molecule has 364 valence electrons. The number of halogens is 2. The van der Waals surface area contributed by atoms with Crippen molar-refractivity contribution in [2.75, 3.05) is 46.7 Å². The fourth-order valence-corrected chi connectivity index (χ4v) is 12.8. The highest BCUT2D eigenvalue weighted by Crippen LogP contribution is 2.35. The number of aryl methyl sites for hydroxylation is 3. The second kappa shape index (κ2) is 21.7. The Balaban J connectivity index is 0.000000166. The number of aromatic nitrogens is 6. The third kappa shape index (κ3) is 11.8. The molecule has 4 aromatic heterocycles. The van der Waals surface area contributed by atoms with E-state index < -0.39 is 0 Å². The predicted octanol–water partition coefficient (Wildman–Crippen LogP) is 11.7. The fourth-order valence-electron chi connectivity index (χ4n) is 9.02. The van der Waals surface area contributed by atoms with Gasteiger partial charge in [0, 0.05) is 52.3 Å². The van der Waals surface area contributed by atoms with Gasteiger partial charge in [-0.25, -0.2) is 23.4 Å². The van der Waals surface area contributed by atoms with E-state index in [1.54, 1.807) is 6.07 Å². The van der Waals surface area contributed by atoms with Crippen LogP contribution in [0.4, 0.5) is 15.8 Å². The lowest BCUT2D eigenvalue weighted by atomic mass is 10.0. The zero-order valence-electron chi connectivity index (χ0n) is 39.7. The van der Waals surface area contributed by atoms with Gasteiger partial charge in [0.05, 0.1) is 35.2 Å². The number of hydrogen-bond donors (Lipinski definition) is 4. The number of rotatable bonds is 14. The zero-order chi connectivity index (χ0) is 48.3. The summed E-state index contributed by atoms with van der Waals surface area (Å²) < 4.78 is 18.6. The van der Waals surface area contributed by atoms with Crippen molar-refractivity contribution in [3.8, 4) is 22.5 Å². The molecule has 0 bridgehead atoms. The Morgan fingerprint density at radius 1 is 0.657 bits per heavy atom. The largest absolute Gasteiger partial charge is 0.382 e. The van der Waals surface area contributed by atoms with E-state index in [1.165, 1.54) is 66.5 Å². The number of benzene rings is 3. The quantitative estimate of drug-likeness (QED) is 0.0827. The topological polar surface area (TPSA) is 143 Å². The van der Waals surface area contributed by atoms with Crippen LogP contribution >= 0.6 is 51.2 Å². The second-order valence-corrected chi connectivity index (χ2v) is 23.4. The smallest absolute Gasteiger partial charge is 0.251 e. The number of thioether (sulfide) groups is 2. The summed E-state index contributed by atoms with van der Waals surface area (Å²) in [7, 11) is 0. The van der Waals surface area contributed by atoms with E-state index in [0.717, 1.165) is 121 Å². The first kappa shape index (κ1) is 48.5. The molecule has 0 atom stereocenters. The molecule has 4 fully saturated rings. The minimum absolute atomic E-state index is 0.0122. The zero-order valence-corrected chi connectivity index (χ0v) is 43.7. The van der Waals surface area contributed by atoms with Gasteiger partial charge in [-0.2, -0.15) is 33.7 Å². The SMILES string of the molecule is Cc1cc(-c2cnc3c(NCC4CCSCC4)cc(Br)nn23)ccc1C(=O)NC1CC1.Cc1cc(F)cc(Sc2cc(NCC3CCSCC3)c3ncc(-c4ccc(C(=O)NC5CC5)c(C)c4)n3n2)c1. The number of hydrogen-bond acceptors (Lipinski definition) is 11. The molecule has 70 heavy (non-hydrogen) atoms. The summed E-state index contributed by atoms with van der Waals surface area (Å²) in [6.07, 6.45) is 12.9. The van der Waals surface area contributed by atoms with E-state index in [4.69, 9.17) is 10.1 Å². The van der Waals surface area contributed by atoms with Crippen molar-refractivity contribution in [2.45, 2.75) is 94.1 Å². The molecule has 2 aliphatic carbocycles. The summed E-state index contributed by atoms with van der Waals surface area (Å²) in [5.74, 6) is 6.00. The van der Waals surface area contributed by atoms with Crippen molar-refractivity contribution >= 4 is 85.7 Å². The van der Waals surface area contributed by atoms with E-state index in [-0.39, 0.29) is 17.6 Å². The van der Waals surface area contributed by atoms with E-state index >= 15 is 0 Å². The maximum atomic E-state index is 14.1. The van der Waals surface area contributed by atoms with Gasteiger partial charge in [-0.15, -0.1) is 0 Å². The van der Waals surface area contributed by atoms with Crippen LogP contribution in [0.1, 0.15) is 88.8 Å². The van der Waals surface area contributed by atoms with Crippen LogP contribution in [-0.4, -0.2) is 89.2 Å². The first-order valence-electron chi connectivity index (χ1n) is 24.4. The van der Waals surface area contributed by atoms with Crippen molar-refractivity contribution < 1.29 is 14.0 Å². The van der Waals surface area contributed by atoms with Crippen LogP contribution < -0.4 is 21.3 Å². The summed E-state index contributed by atoms with van der Waals surface area (Å²) in [5.41, 5.74) is 11.3. The number of carbonyl (C=O) groups excluding carboxylic acids is 2. The third-order valence-corrected chi connectivity index (χ3v) is 16.7. The van der Waals surface area contributed by atoms with Crippen LogP contribution in [0.15, 0.2) is 93.6 Å². The van der Waals surface area contributed by atoms with Crippen LogP contribution in [-0.2, 0) is 0 Å². The Bertz CT molecular complexity index is 3030. The summed E-state index contributed by atoms with van der Waals surface area (Å²) in [6, 6.07) is 21.5. The highest BCUT2D eigenvalue weighted by molar-refractivity contribution is 9.10. The Hall–Kier alpha value is -5.10. The molecule has 6 heterocycles. The average molecular weight is 1060 g/mol. The van der Waals surface area contributed by atoms with Gasteiger partial charge in [-0.3, -0.25) is 9.59 Å². The first-order chi connectivity index (χ1) is 34.0. The monoisotopic (exact) mass is 1060 g/mol. The van der Waals surface area contributed by atoms with Gasteiger partial charge in [0.1, 0.15) is 15.4 Å². The number of anilines is 2. The molecule has 2 aliphatic heterocycles. The Kier molecular flexibility index (Phi) is 15.1. The Morgan fingerprint density at radius 3 is 1.64 bits per heavy atom. The lowest BCUT2D eigenvalue weighted by Gasteiger charge is -2.22. The number of nitrogens with one attached hydrogen (secondary N) is 4. The minimum Gasteiger partial charge on any atom is -0.382 e. The molecule has 2 saturated carbocycles. The number of amides is 2. The molecule has 4 aliphatic rings. The molecular weight excluding hydrogens is 1000 g/mol. The minimum atomic E-state index is -0.253. The molecule has 17 heteroatoms. The van der Waals surface area contributed by atoms with Gasteiger partial charge < -0.3 is 21.3 Å². The normalized spacial score (nSPS) is 16.5. The third-order valence-electron chi connectivity index (χ3n) is 13.3. The summed E-state index contributed by atoms with van der Waals surface area (Å²) in [6.45, 7) is 7.68. The van der Waals surface area contributed by atoms with Gasteiger partial charge in [0.2, 0.25) is 0 Å². The summed E-state index contributed by atoms with van der Waals surface area (Å²) in [4.78, 5) is 35.3. The fraction of sp³-hybridized carbons (Fsp3) is 0.396. The molecule has 7 aromatic rings. The maximum absolute atomic E-state index is 14.1. The Morgan fingerprint density at radius 2 is 1.16 bits per heavy atom. The highest BCUT2D eigenvalue weighted by atomic mass is 79.9. The predicted molar refractivity (Wildman–Crippen MR) is 287 cm³/mol. The van der Waals surface area contributed by atoms with Crippen LogP contribution in [0, 0.1) is 38.4 Å². The number of imidazole rings is 2. The Labute approximate surface area is 429 Å². The highest BCUT2D eigenvalue weighted by Gasteiger charge is 2.26. The van der Waals surface area contributed by atoms with Gasteiger partial charge in [0.15, 0.2) is 11.3 Å². The van der Waals surface area contributed by atoms with Crippen LogP contribution in [0.2, 0.25) is 0 Å². The first-order valence-corrected chi connectivity index (χ1v) is 28.3. The molecule has 3 aromatic carbocycles. The molecule has 0 unspecified atom stereocenters. The summed E-state index contributed by atoms with van der Waals surface area (Å²) >= 11 is 9.07. The van der Waals surface area contributed by atoms with E-state index in [0.29, 0.717) is 29.5 Å². The van der Waals surface area contributed by atoms with Crippen molar-refractivity contribution in [1.82, 2.24) is 39.8 Å². The standard InChI is InChI=1S/C30H32FN5OS2.C23H26BrN5OS/c1-18-11-22(31)14-24(12-18)39-28-15-26(32-16-20-7-9-38-10-8-20)29-33-17-27(36(29)35-28)21-3-6-25(19(2)13-21)30(37)34-23-4-5-23;1-14-10-16(2-5-18(14)23(30)27-17-3-4-17)20-13-26-22-19(11-21(24)28-29(20)22)25-12-15-6-8-31-9-7-15/h3,6,11-15,17,20,23,32H,4-5,7-10,16H2,1-2H3,(H,34,37);2,5,10-11,13,15,17,25H,3-4,6-9,12H2,1H3,(H,27,30). The molecule has 12 nitrogen and oxygen atoms in total. The average Bonchev–Trinajstić information content (AvgIpc) is 4.27. The van der Waals surface area contributed by atoms with Gasteiger partial charge in [-0.05, 0) is 194 Å². The van der Waals surface area contributed by atoms with Crippen LogP contribution in [0.25, 0.3) is 33.8 Å². The molecule has 0 spiro atoms. The number of nitrogens with zero attached hydrogens (tertiary/aromatic N) is 6. The maximum Gasteiger partial charge on any atom is 0.251 e. The number of fused-ring (bicyclic) bond motifs is 2. The van der Waals surface area contributed by atoms with E-state index in [2.05, 4.69) is 47.3 Å². The van der Waals surface area contributed by atoms with E-state index in [1.807, 2.05) is 120 Å². The van der Waals surface area contributed by atoms with E-state index in [9.17, 15) is 14.0 Å². The molecule has 0 radical (unpaired) electrons. The molecule has 2 amide bonds. The molecular formula is C53H58BrFN10O2S3. The molecule has 11 rings (SSSR count). The van der Waals surface area contributed by atoms with Crippen molar-refractivity contribution in [1.29, 1.82) is 0 Å². The molecule has 2 saturated heterocycles. The number of carbonyl (C=O) groups is 2. The van der Waals surface area contributed by atoms with Crippen LogP contribution in [0.5, 0.6) is 0 Å². The second-order valence-electron chi connectivity index (χ2n) is 19.0. The van der Waals surface area contributed by atoms with Gasteiger partial charge in [0.25, 0.3) is 11.8 Å².